The van der Waals surface area contributed by atoms with E-state index in [9.17, 15) is 18.0 Å². The zero-order valence-corrected chi connectivity index (χ0v) is 10.3. The van der Waals surface area contributed by atoms with Gasteiger partial charge in [-0.25, -0.2) is 0 Å². The molecule has 1 aliphatic heterocycles. The number of carbonyl (C=O) groups is 1. The molecule has 0 bridgehead atoms. The molecule has 106 valence electrons. The lowest BCUT2D eigenvalue weighted by atomic mass is 10.0. The van der Waals surface area contributed by atoms with Crippen LogP contribution in [0, 0.1) is 0 Å². The number of nitrogens with one attached hydrogen (secondary N) is 2. The lowest BCUT2D eigenvalue weighted by Crippen LogP contribution is -2.50. The van der Waals surface area contributed by atoms with Gasteiger partial charge >= 0.3 is 6.18 Å². The molecule has 0 radical (unpaired) electrons. The molecule has 2 N–H and O–H groups in total. The molecule has 1 heterocycles. The van der Waals surface area contributed by atoms with Crippen molar-refractivity contribution in [3.63, 3.8) is 0 Å². The molecule has 0 spiro atoms. The first-order valence-corrected chi connectivity index (χ1v) is 6.07. The summed E-state index contributed by atoms with van der Waals surface area (Å²) < 4.78 is 40.0. The third kappa shape index (κ3) is 6.20. The molecule has 1 fully saturated rings. The molecule has 0 saturated carbocycles. The van der Waals surface area contributed by atoms with Crippen molar-refractivity contribution in [3.05, 3.63) is 0 Å². The van der Waals surface area contributed by atoms with Gasteiger partial charge in [-0.1, -0.05) is 6.42 Å². The van der Waals surface area contributed by atoms with Crippen molar-refractivity contribution < 1.29 is 22.7 Å². The zero-order valence-electron chi connectivity index (χ0n) is 10.3. The van der Waals surface area contributed by atoms with Crippen LogP contribution in [0.4, 0.5) is 13.2 Å². The van der Waals surface area contributed by atoms with Gasteiger partial charge in [0.25, 0.3) is 0 Å². The van der Waals surface area contributed by atoms with E-state index in [1.54, 1.807) is 6.92 Å². The van der Waals surface area contributed by atoms with Crippen LogP contribution in [0.5, 0.6) is 0 Å². The summed E-state index contributed by atoms with van der Waals surface area (Å²) in [6, 6.07) is -0.660. The highest BCUT2D eigenvalue weighted by atomic mass is 19.4. The standard InChI is InChI=1S/C11H19F3N2O2/c1-8(6-18-7-11(12,13)14)16-10(17)9-4-2-3-5-15-9/h8-9,15H,2-7H2,1H3,(H,16,17)/t8-,9-/m0/s1. The zero-order chi connectivity index (χ0) is 13.6. The van der Waals surface area contributed by atoms with Gasteiger partial charge in [0.1, 0.15) is 6.61 Å². The molecule has 0 aromatic carbocycles. The molecule has 1 rings (SSSR count). The molecule has 1 aliphatic rings. The Morgan fingerprint density at radius 1 is 1.50 bits per heavy atom. The maximum Gasteiger partial charge on any atom is 0.411 e. The van der Waals surface area contributed by atoms with Gasteiger partial charge in [-0.3, -0.25) is 4.79 Å². The second-order valence-electron chi connectivity index (χ2n) is 4.54. The summed E-state index contributed by atoms with van der Waals surface area (Å²) in [5, 5.41) is 5.71. The van der Waals surface area contributed by atoms with Crippen LogP contribution in [0.25, 0.3) is 0 Å². The van der Waals surface area contributed by atoms with E-state index in [0.29, 0.717) is 0 Å². The summed E-state index contributed by atoms with van der Waals surface area (Å²) in [4.78, 5) is 11.7. The Hall–Kier alpha value is -0.820. The van der Waals surface area contributed by atoms with Gasteiger partial charge in [0, 0.05) is 6.04 Å². The number of piperidine rings is 1. The molecule has 0 unspecified atom stereocenters. The summed E-state index contributed by atoms with van der Waals surface area (Å²) >= 11 is 0. The Morgan fingerprint density at radius 3 is 2.78 bits per heavy atom. The van der Waals surface area contributed by atoms with Gasteiger partial charge in [0.2, 0.25) is 5.91 Å². The molecule has 2 atom stereocenters. The van der Waals surface area contributed by atoms with Gasteiger partial charge in [-0.15, -0.1) is 0 Å². The molecule has 1 saturated heterocycles. The van der Waals surface area contributed by atoms with E-state index in [1.807, 2.05) is 0 Å². The van der Waals surface area contributed by atoms with Crippen LogP contribution < -0.4 is 10.6 Å². The molecule has 4 nitrogen and oxygen atoms in total. The van der Waals surface area contributed by atoms with Crippen LogP contribution in [0.2, 0.25) is 0 Å². The minimum absolute atomic E-state index is 0.141. The van der Waals surface area contributed by atoms with Crippen molar-refractivity contribution in [2.24, 2.45) is 0 Å². The number of hydrogen-bond acceptors (Lipinski definition) is 3. The van der Waals surface area contributed by atoms with Gasteiger partial charge in [-0.2, -0.15) is 13.2 Å². The van der Waals surface area contributed by atoms with E-state index < -0.39 is 18.8 Å². The largest absolute Gasteiger partial charge is 0.411 e. The summed E-state index contributed by atoms with van der Waals surface area (Å²) in [7, 11) is 0. The van der Waals surface area contributed by atoms with Gasteiger partial charge in [0.15, 0.2) is 0 Å². The average Bonchev–Trinajstić information content (AvgIpc) is 2.28. The van der Waals surface area contributed by atoms with Crippen LogP contribution in [-0.2, 0) is 9.53 Å². The normalized spacial score (nSPS) is 22.6. The van der Waals surface area contributed by atoms with Crippen molar-refractivity contribution in [3.8, 4) is 0 Å². The number of amides is 1. The highest BCUT2D eigenvalue weighted by molar-refractivity contribution is 5.82. The van der Waals surface area contributed by atoms with E-state index in [1.165, 1.54) is 0 Å². The van der Waals surface area contributed by atoms with E-state index in [-0.39, 0.29) is 18.6 Å². The van der Waals surface area contributed by atoms with Crippen molar-refractivity contribution >= 4 is 5.91 Å². The van der Waals surface area contributed by atoms with Crippen molar-refractivity contribution in [2.75, 3.05) is 19.8 Å². The van der Waals surface area contributed by atoms with E-state index in [2.05, 4.69) is 15.4 Å². The number of alkyl halides is 3. The smallest absolute Gasteiger partial charge is 0.370 e. The minimum atomic E-state index is -4.32. The first-order chi connectivity index (χ1) is 8.38. The van der Waals surface area contributed by atoms with Crippen molar-refractivity contribution in [1.29, 1.82) is 0 Å². The Bertz CT molecular complexity index is 266. The number of halogens is 3. The van der Waals surface area contributed by atoms with Crippen LogP contribution in [0.1, 0.15) is 26.2 Å². The minimum Gasteiger partial charge on any atom is -0.370 e. The lowest BCUT2D eigenvalue weighted by molar-refractivity contribution is -0.175. The maximum absolute atomic E-state index is 11.8. The molecule has 0 aromatic heterocycles. The number of hydrogen-bond donors (Lipinski definition) is 2. The number of ether oxygens (including phenoxy) is 1. The lowest BCUT2D eigenvalue weighted by Gasteiger charge is -2.24. The first-order valence-electron chi connectivity index (χ1n) is 6.07. The topological polar surface area (TPSA) is 50.4 Å². The fourth-order valence-corrected chi connectivity index (χ4v) is 1.81. The summed E-state index contributed by atoms with van der Waals surface area (Å²) in [5.41, 5.74) is 0. The predicted octanol–water partition coefficient (Wildman–Crippen LogP) is 1.21. The maximum atomic E-state index is 11.8. The highest BCUT2D eigenvalue weighted by Crippen LogP contribution is 2.14. The Kier molecular flexibility index (Phi) is 5.87. The summed E-state index contributed by atoms with van der Waals surface area (Å²) in [6.45, 7) is 1.00. The Balaban J connectivity index is 2.18. The second-order valence-corrected chi connectivity index (χ2v) is 4.54. The average molecular weight is 268 g/mol. The highest BCUT2D eigenvalue weighted by Gasteiger charge is 2.28. The second kappa shape index (κ2) is 6.94. The van der Waals surface area contributed by atoms with Gasteiger partial charge < -0.3 is 15.4 Å². The molecule has 1 amide bonds. The van der Waals surface area contributed by atoms with Crippen molar-refractivity contribution in [1.82, 2.24) is 10.6 Å². The summed E-state index contributed by atoms with van der Waals surface area (Å²) in [6.07, 6.45) is -1.52. The molecule has 18 heavy (non-hydrogen) atoms. The SMILES string of the molecule is C[C@@H](COCC(F)(F)F)NC(=O)[C@@H]1CCCCN1. The number of rotatable bonds is 5. The third-order valence-electron chi connectivity index (χ3n) is 2.65. The monoisotopic (exact) mass is 268 g/mol. The van der Waals surface area contributed by atoms with Crippen LogP contribution >= 0.6 is 0 Å². The Labute approximate surface area is 104 Å². The first kappa shape index (κ1) is 15.2. The van der Waals surface area contributed by atoms with Crippen LogP contribution in [0.15, 0.2) is 0 Å². The van der Waals surface area contributed by atoms with Gasteiger partial charge in [0.05, 0.1) is 12.6 Å². The molecule has 0 aliphatic carbocycles. The quantitative estimate of drug-likeness (QED) is 0.788. The van der Waals surface area contributed by atoms with E-state index in [0.717, 1.165) is 25.8 Å². The van der Waals surface area contributed by atoms with Crippen LogP contribution in [-0.4, -0.2) is 43.9 Å². The van der Waals surface area contributed by atoms with E-state index in [4.69, 9.17) is 0 Å². The predicted molar refractivity (Wildman–Crippen MR) is 60.1 cm³/mol. The number of carbonyl (C=O) groups excluding carboxylic acids is 1. The molecular formula is C11H19F3N2O2. The fraction of sp³-hybridized carbons (Fsp3) is 0.909. The molecular weight excluding hydrogens is 249 g/mol. The fourth-order valence-electron chi connectivity index (χ4n) is 1.81. The Morgan fingerprint density at radius 2 is 2.22 bits per heavy atom. The summed E-state index contributed by atoms with van der Waals surface area (Å²) in [5.74, 6) is -0.169. The molecule has 7 heteroatoms. The van der Waals surface area contributed by atoms with Crippen molar-refractivity contribution in [2.45, 2.75) is 44.4 Å². The van der Waals surface area contributed by atoms with E-state index >= 15 is 0 Å². The third-order valence-corrected chi connectivity index (χ3v) is 2.65. The van der Waals surface area contributed by atoms with Crippen LogP contribution in [0.3, 0.4) is 0 Å². The molecule has 0 aromatic rings. The van der Waals surface area contributed by atoms with Gasteiger partial charge in [-0.05, 0) is 26.3 Å².